The molecule has 0 saturated carbocycles. The van der Waals surface area contributed by atoms with Crippen molar-refractivity contribution < 1.29 is 0 Å². The van der Waals surface area contributed by atoms with Gasteiger partial charge in [0.25, 0.3) is 0 Å². The van der Waals surface area contributed by atoms with Crippen molar-refractivity contribution in [3.05, 3.63) is 205 Å². The summed E-state index contributed by atoms with van der Waals surface area (Å²) < 4.78 is 2.40. The Morgan fingerprint density at radius 1 is 0.474 bits per heavy atom. The topological polar surface area (TPSA) is 8.17 Å². The van der Waals surface area contributed by atoms with E-state index in [1.165, 1.54) is 77.6 Å². The monoisotopic (exact) mass is 734 g/mol. The van der Waals surface area contributed by atoms with Gasteiger partial charge in [-0.05, 0) is 110 Å². The van der Waals surface area contributed by atoms with Crippen LogP contribution < -0.4 is 4.90 Å². The van der Waals surface area contributed by atoms with E-state index >= 15 is 0 Å². The Hall–Kier alpha value is -6.64. The summed E-state index contributed by atoms with van der Waals surface area (Å²) in [5.41, 5.74) is 18.5. The Morgan fingerprint density at radius 2 is 1.11 bits per heavy atom. The summed E-state index contributed by atoms with van der Waals surface area (Å²) in [5, 5.41) is 2.51. The molecule has 1 aromatic heterocycles. The van der Waals surface area contributed by atoms with Crippen molar-refractivity contribution in [2.24, 2.45) is 0 Å². The Balaban J connectivity index is 1.18. The van der Waals surface area contributed by atoms with Crippen LogP contribution in [0.1, 0.15) is 51.3 Å². The van der Waals surface area contributed by atoms with Gasteiger partial charge >= 0.3 is 0 Å². The lowest BCUT2D eigenvalue weighted by Crippen LogP contribution is -2.20. The minimum absolute atomic E-state index is 0.0309. The van der Waals surface area contributed by atoms with E-state index in [1.54, 1.807) is 0 Å². The van der Waals surface area contributed by atoms with Crippen molar-refractivity contribution in [1.82, 2.24) is 4.57 Å². The lowest BCUT2D eigenvalue weighted by atomic mass is 9.81. The average molecular weight is 735 g/mol. The molecule has 9 aromatic rings. The van der Waals surface area contributed by atoms with Crippen LogP contribution in [0.2, 0.25) is 0 Å². The minimum atomic E-state index is -0.186. The Kier molecular flexibility index (Phi) is 8.09. The van der Waals surface area contributed by atoms with Gasteiger partial charge in [0.15, 0.2) is 0 Å². The van der Waals surface area contributed by atoms with Crippen molar-refractivity contribution in [3.63, 3.8) is 0 Å². The number of anilines is 3. The van der Waals surface area contributed by atoms with E-state index in [0.717, 1.165) is 17.1 Å². The predicted octanol–water partition coefficient (Wildman–Crippen LogP) is 15.2. The second-order valence-corrected chi connectivity index (χ2v) is 17.0. The van der Waals surface area contributed by atoms with Gasteiger partial charge in [0, 0.05) is 33.2 Å². The molecule has 0 aliphatic heterocycles. The summed E-state index contributed by atoms with van der Waals surface area (Å²) >= 11 is 0. The molecule has 0 bridgehead atoms. The molecule has 276 valence electrons. The molecule has 0 fully saturated rings. The zero-order chi connectivity index (χ0) is 38.9. The average Bonchev–Trinajstić information content (AvgIpc) is 3.70. The molecule has 8 aromatic carbocycles. The first-order chi connectivity index (χ1) is 27.7. The molecule has 0 amide bonds. The van der Waals surface area contributed by atoms with Gasteiger partial charge in [-0.2, -0.15) is 0 Å². The van der Waals surface area contributed by atoms with Gasteiger partial charge in [-0.25, -0.2) is 0 Å². The minimum Gasteiger partial charge on any atom is -0.310 e. The van der Waals surface area contributed by atoms with Gasteiger partial charge in [-0.1, -0.05) is 168 Å². The van der Waals surface area contributed by atoms with E-state index in [-0.39, 0.29) is 10.8 Å². The Bertz CT molecular complexity index is 2960. The van der Waals surface area contributed by atoms with Crippen LogP contribution in [0.3, 0.4) is 0 Å². The molecular formula is C55H46N2. The molecule has 57 heavy (non-hydrogen) atoms. The number of benzene rings is 8. The van der Waals surface area contributed by atoms with E-state index in [9.17, 15) is 0 Å². The largest absolute Gasteiger partial charge is 0.310 e. The fraction of sp³-hybridized carbons (Fsp3) is 0.127. The third-order valence-corrected chi connectivity index (χ3v) is 12.1. The van der Waals surface area contributed by atoms with Gasteiger partial charge in [0.05, 0.1) is 16.7 Å². The molecule has 0 saturated heterocycles. The first-order valence-electron chi connectivity index (χ1n) is 20.1. The zero-order valence-corrected chi connectivity index (χ0v) is 33.3. The molecule has 0 N–H and O–H groups in total. The molecule has 0 radical (unpaired) electrons. The summed E-state index contributed by atoms with van der Waals surface area (Å²) in [6.07, 6.45) is 0. The van der Waals surface area contributed by atoms with Crippen LogP contribution in [0.5, 0.6) is 0 Å². The highest BCUT2D eigenvalue weighted by Crippen LogP contribution is 2.54. The maximum absolute atomic E-state index is 2.49. The summed E-state index contributed by atoms with van der Waals surface area (Å²) in [7, 11) is 0. The third kappa shape index (κ3) is 5.62. The highest BCUT2D eigenvalue weighted by atomic mass is 15.1. The van der Waals surface area contributed by atoms with Crippen molar-refractivity contribution in [3.8, 4) is 39.1 Å². The molecule has 1 heterocycles. The van der Waals surface area contributed by atoms with E-state index in [2.05, 4.69) is 232 Å². The van der Waals surface area contributed by atoms with Crippen LogP contribution in [-0.4, -0.2) is 4.57 Å². The molecule has 1 aliphatic carbocycles. The molecule has 0 spiro atoms. The number of rotatable bonds is 6. The van der Waals surface area contributed by atoms with E-state index in [0.29, 0.717) is 0 Å². The predicted molar refractivity (Wildman–Crippen MR) is 243 cm³/mol. The normalized spacial score (nSPS) is 13.1. The van der Waals surface area contributed by atoms with Crippen molar-refractivity contribution in [2.45, 2.75) is 45.4 Å². The summed E-state index contributed by atoms with van der Waals surface area (Å²) in [4.78, 5) is 2.49. The molecule has 0 unspecified atom stereocenters. The van der Waals surface area contributed by atoms with Crippen molar-refractivity contribution >= 4 is 38.9 Å². The first-order valence-corrected chi connectivity index (χ1v) is 20.1. The smallest absolute Gasteiger partial charge is 0.0547 e. The second-order valence-electron chi connectivity index (χ2n) is 17.0. The molecule has 10 rings (SSSR count). The number of hydrogen-bond donors (Lipinski definition) is 0. The third-order valence-electron chi connectivity index (χ3n) is 12.1. The van der Waals surface area contributed by atoms with Crippen molar-refractivity contribution in [1.29, 1.82) is 0 Å². The van der Waals surface area contributed by atoms with Crippen LogP contribution >= 0.6 is 0 Å². The standard InChI is InChI=1S/C55H46N2/c1-54(2,3)47-27-12-9-22-42(47)37-32-34-40(35-33-37)56(51-31-17-26-45-44-23-10-13-28-48(44)55(4,5)53(45)51)41-21-15-18-38(36-41)43-25-16-30-50-52(43)46-24-11-14-29-49(46)57(50)39-19-7-6-8-20-39/h6-36H,1-5H3. The van der Waals surface area contributed by atoms with E-state index < -0.39 is 0 Å². The number of nitrogens with zero attached hydrogens (tertiary/aromatic N) is 2. The van der Waals surface area contributed by atoms with Gasteiger partial charge in [-0.15, -0.1) is 0 Å². The molecule has 2 nitrogen and oxygen atoms in total. The van der Waals surface area contributed by atoms with Crippen LogP contribution in [0, 0.1) is 0 Å². The van der Waals surface area contributed by atoms with E-state index in [1.807, 2.05) is 0 Å². The van der Waals surface area contributed by atoms with Crippen LogP contribution in [0.15, 0.2) is 188 Å². The van der Waals surface area contributed by atoms with Crippen LogP contribution in [0.4, 0.5) is 17.1 Å². The number of aromatic nitrogens is 1. The number of para-hydroxylation sites is 2. The summed E-state index contributed by atoms with van der Waals surface area (Å²) in [5.74, 6) is 0. The highest BCUT2D eigenvalue weighted by Gasteiger charge is 2.38. The SMILES string of the molecule is CC(C)(C)c1ccccc1-c1ccc(N(c2cccc(-c3cccc4c3c3ccccc3n4-c3ccccc3)c2)c2cccc3c2C(C)(C)c2ccccc2-3)cc1. The van der Waals surface area contributed by atoms with Crippen molar-refractivity contribution in [2.75, 3.05) is 4.90 Å². The molecule has 2 heteroatoms. The van der Waals surface area contributed by atoms with Gasteiger partial charge in [0.2, 0.25) is 0 Å². The zero-order valence-electron chi connectivity index (χ0n) is 33.3. The van der Waals surface area contributed by atoms with E-state index in [4.69, 9.17) is 0 Å². The molecular weight excluding hydrogens is 689 g/mol. The van der Waals surface area contributed by atoms with Crippen LogP contribution in [-0.2, 0) is 10.8 Å². The highest BCUT2D eigenvalue weighted by molar-refractivity contribution is 6.16. The fourth-order valence-electron chi connectivity index (χ4n) is 9.54. The van der Waals surface area contributed by atoms with Gasteiger partial charge in [-0.3, -0.25) is 0 Å². The van der Waals surface area contributed by atoms with Gasteiger partial charge < -0.3 is 9.47 Å². The van der Waals surface area contributed by atoms with Gasteiger partial charge in [0.1, 0.15) is 0 Å². The lowest BCUT2D eigenvalue weighted by molar-refractivity contribution is 0.592. The Labute approximate surface area is 336 Å². The lowest BCUT2D eigenvalue weighted by Gasteiger charge is -2.32. The Morgan fingerprint density at radius 3 is 1.91 bits per heavy atom. The summed E-state index contributed by atoms with van der Waals surface area (Å²) in [6, 6.07) is 69.3. The maximum atomic E-state index is 2.49. The molecule has 1 aliphatic rings. The second kappa shape index (κ2) is 13.2. The number of fused-ring (bicyclic) bond motifs is 6. The number of hydrogen-bond acceptors (Lipinski definition) is 1. The fourth-order valence-corrected chi connectivity index (χ4v) is 9.54. The van der Waals surface area contributed by atoms with Crippen LogP contribution in [0.25, 0.3) is 60.9 Å². The molecule has 0 atom stereocenters. The quantitative estimate of drug-likeness (QED) is 0.165. The summed E-state index contributed by atoms with van der Waals surface area (Å²) in [6.45, 7) is 11.6. The maximum Gasteiger partial charge on any atom is 0.0547 e. The first kappa shape index (κ1) is 34.8.